The van der Waals surface area contributed by atoms with Crippen molar-refractivity contribution in [3.05, 3.63) is 40.2 Å². The van der Waals surface area contributed by atoms with Crippen LogP contribution in [0.25, 0.3) is 21.7 Å². The zero-order chi connectivity index (χ0) is 19.8. The van der Waals surface area contributed by atoms with E-state index in [2.05, 4.69) is 4.18 Å². The van der Waals surface area contributed by atoms with E-state index in [1.165, 1.54) is 32.4 Å². The van der Waals surface area contributed by atoms with Crippen molar-refractivity contribution in [2.45, 2.75) is 19.8 Å². The quantitative estimate of drug-likeness (QED) is 0.501. The van der Waals surface area contributed by atoms with Crippen molar-refractivity contribution in [1.29, 1.82) is 0 Å². The van der Waals surface area contributed by atoms with Crippen molar-refractivity contribution in [3.8, 4) is 17.2 Å². The molecule has 1 N–H and O–H groups in total. The highest BCUT2D eigenvalue weighted by atomic mass is 32.3. The van der Waals surface area contributed by atoms with E-state index in [9.17, 15) is 13.2 Å². The Bertz CT molecular complexity index is 1180. The van der Waals surface area contributed by atoms with E-state index < -0.39 is 10.4 Å². The summed E-state index contributed by atoms with van der Waals surface area (Å²) in [6, 6.07) is 5.66. The molecular formula is C18H18O8S. The van der Waals surface area contributed by atoms with E-state index >= 15 is 0 Å². The number of rotatable bonds is 6. The van der Waals surface area contributed by atoms with Crippen LogP contribution in [0.1, 0.15) is 19.1 Å². The van der Waals surface area contributed by atoms with Gasteiger partial charge in [-0.15, -0.1) is 0 Å². The molecule has 3 rings (SSSR count). The average molecular weight is 394 g/mol. The molecule has 0 aliphatic rings. The molecule has 0 saturated heterocycles. The molecule has 0 aliphatic carbocycles. The zero-order valence-electron chi connectivity index (χ0n) is 14.9. The summed E-state index contributed by atoms with van der Waals surface area (Å²) in [6.45, 7) is 1.97. The van der Waals surface area contributed by atoms with Gasteiger partial charge in [0.1, 0.15) is 34.0 Å². The van der Waals surface area contributed by atoms with E-state index in [4.69, 9.17) is 18.4 Å². The van der Waals surface area contributed by atoms with Gasteiger partial charge in [-0.1, -0.05) is 6.92 Å². The van der Waals surface area contributed by atoms with Gasteiger partial charge in [0.15, 0.2) is 5.43 Å². The first kappa shape index (κ1) is 19.0. The molecule has 1 aromatic heterocycles. The highest BCUT2D eigenvalue weighted by molar-refractivity contribution is 7.81. The molecule has 0 unspecified atom stereocenters. The Morgan fingerprint density at radius 1 is 1.07 bits per heavy atom. The third-order valence-electron chi connectivity index (χ3n) is 3.99. The Balaban J connectivity index is 2.42. The highest BCUT2D eigenvalue weighted by Gasteiger charge is 2.20. The van der Waals surface area contributed by atoms with E-state index in [-0.39, 0.29) is 28.1 Å². The molecule has 9 heteroatoms. The number of aryl methyl sites for hydroxylation is 1. The van der Waals surface area contributed by atoms with Gasteiger partial charge in [0.2, 0.25) is 0 Å². The van der Waals surface area contributed by atoms with Gasteiger partial charge in [0.25, 0.3) is 0 Å². The molecule has 0 amide bonds. The fraction of sp³-hybridized carbons (Fsp3) is 0.278. The maximum absolute atomic E-state index is 12.6. The normalized spacial score (nSPS) is 11.7. The number of hydrogen-bond acceptors (Lipinski definition) is 7. The molecule has 0 bridgehead atoms. The first-order valence-corrected chi connectivity index (χ1v) is 9.46. The Morgan fingerprint density at radius 2 is 1.81 bits per heavy atom. The molecule has 8 nitrogen and oxygen atoms in total. The summed E-state index contributed by atoms with van der Waals surface area (Å²) in [5.74, 6) is 0.834. The van der Waals surface area contributed by atoms with Gasteiger partial charge in [-0.25, -0.2) is 0 Å². The average Bonchev–Trinajstić information content (AvgIpc) is 2.57. The van der Waals surface area contributed by atoms with Gasteiger partial charge in [-0.2, -0.15) is 8.42 Å². The van der Waals surface area contributed by atoms with Crippen molar-refractivity contribution in [3.63, 3.8) is 0 Å². The Labute approximate surface area is 155 Å². The topological polar surface area (TPSA) is 112 Å². The van der Waals surface area contributed by atoms with Crippen LogP contribution in [-0.4, -0.2) is 27.2 Å². The first-order valence-electron chi connectivity index (χ1n) is 8.09. The maximum atomic E-state index is 12.6. The van der Waals surface area contributed by atoms with Gasteiger partial charge in [0, 0.05) is 18.6 Å². The molecular weight excluding hydrogens is 376 g/mol. The van der Waals surface area contributed by atoms with Crippen LogP contribution >= 0.6 is 0 Å². The molecule has 3 aromatic rings. The van der Waals surface area contributed by atoms with Crippen LogP contribution in [0.3, 0.4) is 0 Å². The predicted octanol–water partition coefficient (Wildman–Crippen LogP) is 3.10. The van der Waals surface area contributed by atoms with Crippen LogP contribution in [0.4, 0.5) is 0 Å². The molecule has 144 valence electrons. The largest absolute Gasteiger partial charge is 0.496 e. The number of hydrogen-bond donors (Lipinski definition) is 1. The lowest BCUT2D eigenvalue weighted by atomic mass is 10.0. The molecule has 0 spiro atoms. The van der Waals surface area contributed by atoms with Gasteiger partial charge in [-0.3, -0.25) is 9.35 Å². The lowest BCUT2D eigenvalue weighted by Crippen LogP contribution is -2.07. The summed E-state index contributed by atoms with van der Waals surface area (Å²) >= 11 is 0. The molecule has 1 heterocycles. The second-order valence-corrected chi connectivity index (χ2v) is 6.87. The number of methoxy groups -OCH3 is 2. The summed E-state index contributed by atoms with van der Waals surface area (Å²) in [5, 5.41) is 1.16. The SMILES string of the molecule is CCCc1cc(=O)c2c(OC)c3c(OC)cc(OS(=O)(=O)O)cc3cc2o1. The van der Waals surface area contributed by atoms with E-state index in [1.807, 2.05) is 6.92 Å². The van der Waals surface area contributed by atoms with E-state index in [0.717, 1.165) is 6.42 Å². The lowest BCUT2D eigenvalue weighted by molar-refractivity contribution is 0.383. The lowest BCUT2D eigenvalue weighted by Gasteiger charge is -2.14. The first-order chi connectivity index (χ1) is 12.8. The van der Waals surface area contributed by atoms with E-state index in [1.54, 1.807) is 6.07 Å². The highest BCUT2D eigenvalue weighted by Crippen LogP contribution is 2.41. The van der Waals surface area contributed by atoms with Gasteiger partial charge < -0.3 is 18.1 Å². The van der Waals surface area contributed by atoms with Crippen LogP contribution < -0.4 is 19.1 Å². The monoisotopic (exact) mass is 394 g/mol. The standard InChI is InChI=1S/C18H18O8S/c1-4-5-11-8-13(19)17-15(25-11)7-10-6-12(26-27(20,21)22)9-14(23-2)16(10)18(17)24-3/h6-9H,4-5H2,1-3H3,(H,20,21,22). The second kappa shape index (κ2) is 7.09. The van der Waals surface area contributed by atoms with Crippen LogP contribution in [0.2, 0.25) is 0 Å². The second-order valence-electron chi connectivity index (χ2n) is 5.84. The minimum atomic E-state index is -4.71. The minimum Gasteiger partial charge on any atom is -0.496 e. The van der Waals surface area contributed by atoms with Crippen LogP contribution in [-0.2, 0) is 16.8 Å². The third-order valence-corrected chi connectivity index (χ3v) is 4.40. The molecule has 2 aromatic carbocycles. The maximum Gasteiger partial charge on any atom is 0.446 e. The third kappa shape index (κ3) is 3.69. The molecule has 27 heavy (non-hydrogen) atoms. The van der Waals surface area contributed by atoms with Crippen molar-refractivity contribution in [2.75, 3.05) is 14.2 Å². The molecule has 0 aliphatic heterocycles. The van der Waals surface area contributed by atoms with Gasteiger partial charge in [0.05, 0.1) is 19.6 Å². The van der Waals surface area contributed by atoms with E-state index in [0.29, 0.717) is 28.5 Å². The number of ether oxygens (including phenoxy) is 2. The number of benzene rings is 2. The van der Waals surface area contributed by atoms with Gasteiger partial charge >= 0.3 is 10.4 Å². The summed E-state index contributed by atoms with van der Waals surface area (Å²) in [7, 11) is -1.92. The molecule has 0 fully saturated rings. The summed E-state index contributed by atoms with van der Waals surface area (Å²) in [5.41, 5.74) is 0.0418. The van der Waals surface area contributed by atoms with Crippen molar-refractivity contribution < 1.29 is 31.0 Å². The number of fused-ring (bicyclic) bond motifs is 2. The smallest absolute Gasteiger partial charge is 0.446 e. The Kier molecular flexibility index (Phi) is 4.99. The summed E-state index contributed by atoms with van der Waals surface area (Å²) in [4.78, 5) is 12.6. The summed E-state index contributed by atoms with van der Waals surface area (Å²) in [6.07, 6.45) is 1.40. The van der Waals surface area contributed by atoms with Crippen LogP contribution in [0, 0.1) is 0 Å². The van der Waals surface area contributed by atoms with Crippen LogP contribution in [0.5, 0.6) is 17.2 Å². The van der Waals surface area contributed by atoms with Crippen molar-refractivity contribution in [2.24, 2.45) is 0 Å². The fourth-order valence-corrected chi connectivity index (χ4v) is 3.36. The zero-order valence-corrected chi connectivity index (χ0v) is 15.8. The Morgan fingerprint density at radius 3 is 2.41 bits per heavy atom. The molecule has 0 atom stereocenters. The summed E-state index contributed by atoms with van der Waals surface area (Å²) < 4.78 is 52.1. The Hall–Kier alpha value is -2.78. The molecule has 0 saturated carbocycles. The minimum absolute atomic E-state index is 0.157. The van der Waals surface area contributed by atoms with Gasteiger partial charge in [-0.05, 0) is 23.9 Å². The van der Waals surface area contributed by atoms with Crippen molar-refractivity contribution in [1.82, 2.24) is 0 Å². The van der Waals surface area contributed by atoms with Crippen LogP contribution in [0.15, 0.2) is 33.5 Å². The molecule has 0 radical (unpaired) electrons. The fourth-order valence-electron chi connectivity index (χ4n) is 3.03. The predicted molar refractivity (Wildman–Crippen MR) is 99.3 cm³/mol. The van der Waals surface area contributed by atoms with Crippen molar-refractivity contribution >= 4 is 32.1 Å².